The molecule has 132 valence electrons. The second kappa shape index (κ2) is 7.61. The third-order valence-electron chi connectivity index (χ3n) is 4.74. The summed E-state index contributed by atoms with van der Waals surface area (Å²) in [5.74, 6) is 6.42. The molecule has 3 aromatic rings. The van der Waals surface area contributed by atoms with Crippen LogP contribution in [-0.2, 0) is 0 Å². The average Bonchev–Trinajstić information content (AvgIpc) is 3.10. The minimum Gasteiger partial charge on any atom is -0.381 e. The van der Waals surface area contributed by atoms with E-state index < -0.39 is 0 Å². The van der Waals surface area contributed by atoms with Crippen molar-refractivity contribution in [2.75, 3.05) is 5.32 Å². The number of H-pyrrole nitrogens is 1. The van der Waals surface area contributed by atoms with E-state index in [2.05, 4.69) is 33.2 Å². The number of rotatable bonds is 2. The second-order valence-electron chi connectivity index (χ2n) is 6.67. The molecular weight excluding hydrogens is 365 g/mol. The molecule has 0 amide bonds. The summed E-state index contributed by atoms with van der Waals surface area (Å²) in [4.78, 5) is 7.67. The van der Waals surface area contributed by atoms with Crippen LogP contribution in [0.4, 0.5) is 5.69 Å². The largest absolute Gasteiger partial charge is 0.381 e. The molecule has 0 atom stereocenters. The Labute approximate surface area is 163 Å². The van der Waals surface area contributed by atoms with Gasteiger partial charge in [-0.15, -0.1) is 0 Å². The predicted molar refractivity (Wildman–Crippen MR) is 109 cm³/mol. The molecule has 0 aliphatic heterocycles. The van der Waals surface area contributed by atoms with E-state index in [1.54, 1.807) is 6.07 Å². The Balaban J connectivity index is 1.72. The van der Waals surface area contributed by atoms with E-state index in [-0.39, 0.29) is 0 Å². The number of nitrogens with zero attached hydrogens (tertiary/aromatic N) is 1. The van der Waals surface area contributed by atoms with Crippen LogP contribution in [0.25, 0.3) is 11.0 Å². The lowest BCUT2D eigenvalue weighted by Crippen LogP contribution is -2.22. The highest BCUT2D eigenvalue weighted by molar-refractivity contribution is 6.34. The maximum atomic E-state index is 6.07. The van der Waals surface area contributed by atoms with Crippen molar-refractivity contribution in [3.8, 4) is 11.8 Å². The molecule has 3 nitrogen and oxygen atoms in total. The molecule has 0 unspecified atom stereocenters. The fourth-order valence-corrected chi connectivity index (χ4v) is 4.00. The lowest BCUT2D eigenvalue weighted by Gasteiger charge is -2.24. The van der Waals surface area contributed by atoms with Crippen LogP contribution in [0.15, 0.2) is 36.7 Å². The number of benzene rings is 1. The van der Waals surface area contributed by atoms with E-state index in [0.717, 1.165) is 27.8 Å². The van der Waals surface area contributed by atoms with Gasteiger partial charge in [0.15, 0.2) is 0 Å². The van der Waals surface area contributed by atoms with Crippen LogP contribution in [-0.4, -0.2) is 16.0 Å². The Morgan fingerprint density at radius 3 is 2.58 bits per heavy atom. The van der Waals surface area contributed by atoms with Gasteiger partial charge in [0.25, 0.3) is 0 Å². The van der Waals surface area contributed by atoms with E-state index in [1.165, 1.54) is 32.1 Å². The molecule has 1 saturated carbocycles. The molecule has 0 saturated heterocycles. The Morgan fingerprint density at radius 1 is 1.04 bits per heavy atom. The van der Waals surface area contributed by atoms with E-state index in [0.29, 0.717) is 16.1 Å². The molecule has 26 heavy (non-hydrogen) atoms. The highest BCUT2D eigenvalue weighted by Gasteiger charge is 2.16. The van der Waals surface area contributed by atoms with Crippen molar-refractivity contribution in [2.45, 2.75) is 38.1 Å². The number of nitrogens with one attached hydrogen (secondary N) is 2. The second-order valence-corrected chi connectivity index (χ2v) is 7.55. The molecule has 0 spiro atoms. The molecular formula is C21H19Cl2N3. The zero-order valence-corrected chi connectivity index (χ0v) is 15.8. The molecule has 2 N–H and O–H groups in total. The van der Waals surface area contributed by atoms with Crippen molar-refractivity contribution in [3.63, 3.8) is 0 Å². The molecule has 2 heterocycles. The summed E-state index contributed by atoms with van der Waals surface area (Å²) in [5, 5.41) is 5.97. The monoisotopic (exact) mass is 383 g/mol. The van der Waals surface area contributed by atoms with Gasteiger partial charge in [-0.05, 0) is 37.1 Å². The number of aromatic amines is 1. The normalized spacial score (nSPS) is 14.8. The molecule has 0 bridgehead atoms. The highest BCUT2D eigenvalue weighted by atomic mass is 35.5. The molecule has 0 radical (unpaired) electrons. The summed E-state index contributed by atoms with van der Waals surface area (Å²) < 4.78 is 0. The van der Waals surface area contributed by atoms with Crippen molar-refractivity contribution < 1.29 is 0 Å². The molecule has 1 aliphatic rings. The summed E-state index contributed by atoms with van der Waals surface area (Å²) in [6, 6.07) is 7.88. The fourth-order valence-electron chi connectivity index (χ4n) is 3.47. The molecule has 4 rings (SSSR count). The number of hydrogen-bond donors (Lipinski definition) is 2. The lowest BCUT2D eigenvalue weighted by atomic mass is 9.95. The Kier molecular flexibility index (Phi) is 5.06. The van der Waals surface area contributed by atoms with E-state index in [9.17, 15) is 0 Å². The van der Waals surface area contributed by atoms with E-state index in [1.807, 2.05) is 24.5 Å². The minimum absolute atomic E-state index is 0.491. The third-order valence-corrected chi connectivity index (χ3v) is 5.18. The smallest absolute Gasteiger partial charge is 0.139 e. The van der Waals surface area contributed by atoms with Crippen molar-refractivity contribution >= 4 is 39.9 Å². The van der Waals surface area contributed by atoms with Crippen LogP contribution in [0.1, 0.15) is 43.2 Å². The molecule has 1 fully saturated rings. The fraction of sp³-hybridized carbons (Fsp3) is 0.286. The summed E-state index contributed by atoms with van der Waals surface area (Å²) in [6.45, 7) is 0. The predicted octanol–water partition coefficient (Wildman–Crippen LogP) is 6.01. The zero-order valence-electron chi connectivity index (χ0n) is 14.3. The van der Waals surface area contributed by atoms with E-state index >= 15 is 0 Å². The summed E-state index contributed by atoms with van der Waals surface area (Å²) in [6.07, 6.45) is 10.0. The van der Waals surface area contributed by atoms with Gasteiger partial charge >= 0.3 is 0 Å². The molecule has 1 aromatic carbocycles. The number of anilines is 1. The van der Waals surface area contributed by atoms with E-state index in [4.69, 9.17) is 23.2 Å². The molecule has 1 aliphatic carbocycles. The number of halogens is 2. The van der Waals surface area contributed by atoms with Gasteiger partial charge in [-0.25, -0.2) is 4.98 Å². The van der Waals surface area contributed by atoms with Gasteiger partial charge in [0.1, 0.15) is 5.65 Å². The van der Waals surface area contributed by atoms with Crippen molar-refractivity contribution in [2.24, 2.45) is 0 Å². The molecule has 5 heteroatoms. The van der Waals surface area contributed by atoms with Crippen LogP contribution >= 0.6 is 23.2 Å². The Bertz CT molecular complexity index is 971. The van der Waals surface area contributed by atoms with Crippen molar-refractivity contribution in [1.29, 1.82) is 0 Å². The van der Waals surface area contributed by atoms with Gasteiger partial charge in [0, 0.05) is 39.4 Å². The number of fused-ring (bicyclic) bond motifs is 1. The van der Waals surface area contributed by atoms with Crippen LogP contribution in [0.3, 0.4) is 0 Å². The van der Waals surface area contributed by atoms with Crippen molar-refractivity contribution in [3.05, 3.63) is 57.8 Å². The van der Waals surface area contributed by atoms with Gasteiger partial charge in [-0.1, -0.05) is 54.3 Å². The number of pyridine rings is 1. The van der Waals surface area contributed by atoms with Gasteiger partial charge < -0.3 is 10.3 Å². The topological polar surface area (TPSA) is 40.7 Å². The van der Waals surface area contributed by atoms with Crippen LogP contribution in [0, 0.1) is 11.8 Å². The quantitative estimate of drug-likeness (QED) is 0.531. The lowest BCUT2D eigenvalue weighted by molar-refractivity contribution is 0.463. The first-order chi connectivity index (χ1) is 12.7. The SMILES string of the molecule is Clc1cc(Cl)cc(C#Cc2cnc3[nH]ccc3c2NC2CCCCC2)c1. The Morgan fingerprint density at radius 2 is 1.81 bits per heavy atom. The van der Waals surface area contributed by atoms with Crippen molar-refractivity contribution in [1.82, 2.24) is 9.97 Å². The van der Waals surface area contributed by atoms with Gasteiger partial charge in [0.2, 0.25) is 0 Å². The third kappa shape index (κ3) is 3.82. The summed E-state index contributed by atoms with van der Waals surface area (Å²) >= 11 is 12.1. The molecule has 2 aromatic heterocycles. The Hall–Kier alpha value is -2.15. The van der Waals surface area contributed by atoms with Crippen LogP contribution in [0.2, 0.25) is 10.0 Å². The number of aromatic nitrogens is 2. The van der Waals surface area contributed by atoms with Gasteiger partial charge in [-0.2, -0.15) is 0 Å². The first-order valence-corrected chi connectivity index (χ1v) is 9.65. The highest BCUT2D eigenvalue weighted by Crippen LogP contribution is 2.29. The van der Waals surface area contributed by atoms with Crippen LogP contribution in [0.5, 0.6) is 0 Å². The van der Waals surface area contributed by atoms with Gasteiger partial charge in [0.05, 0.1) is 11.3 Å². The van der Waals surface area contributed by atoms with Crippen LogP contribution < -0.4 is 5.32 Å². The maximum absolute atomic E-state index is 6.07. The standard InChI is InChI=1S/C21H19Cl2N3/c22-16-10-14(11-17(23)12-16)6-7-15-13-25-21-19(8-9-24-21)20(15)26-18-4-2-1-3-5-18/h8-13,18H,1-5H2,(H2,24,25,26). The summed E-state index contributed by atoms with van der Waals surface area (Å²) in [7, 11) is 0. The minimum atomic E-state index is 0.491. The first-order valence-electron chi connectivity index (χ1n) is 8.90. The maximum Gasteiger partial charge on any atom is 0.139 e. The summed E-state index contributed by atoms with van der Waals surface area (Å²) in [5.41, 5.74) is 3.61. The average molecular weight is 384 g/mol. The van der Waals surface area contributed by atoms with Gasteiger partial charge in [-0.3, -0.25) is 0 Å². The zero-order chi connectivity index (χ0) is 17.9. The first kappa shape index (κ1) is 17.3. The number of hydrogen-bond acceptors (Lipinski definition) is 2.